The first-order valence-corrected chi connectivity index (χ1v) is 12.2. The Bertz CT molecular complexity index is 1230. The molecular formula is C32H37N3. The second-order valence-corrected chi connectivity index (χ2v) is 11.3. The van der Waals surface area contributed by atoms with Crippen molar-refractivity contribution in [1.82, 2.24) is 0 Å². The van der Waals surface area contributed by atoms with Gasteiger partial charge in [-0.2, -0.15) is 0 Å². The zero-order valence-electron chi connectivity index (χ0n) is 21.8. The van der Waals surface area contributed by atoms with Crippen molar-refractivity contribution in [2.45, 2.75) is 52.4 Å². The highest BCUT2D eigenvalue weighted by Crippen LogP contribution is 2.38. The number of rotatable bonds is 4. The quantitative estimate of drug-likeness (QED) is 0.298. The molecule has 0 radical (unpaired) electrons. The lowest BCUT2D eigenvalue weighted by Crippen LogP contribution is -2.14. The largest absolute Gasteiger partial charge is 0.397 e. The summed E-state index contributed by atoms with van der Waals surface area (Å²) in [7, 11) is 0. The van der Waals surface area contributed by atoms with Gasteiger partial charge in [0.2, 0.25) is 0 Å². The molecule has 4 aromatic carbocycles. The molecule has 0 bridgehead atoms. The fourth-order valence-electron chi connectivity index (χ4n) is 4.23. The van der Waals surface area contributed by atoms with E-state index in [9.17, 15) is 0 Å². The molecule has 0 atom stereocenters. The first kappa shape index (κ1) is 24.4. The van der Waals surface area contributed by atoms with Gasteiger partial charge in [-0.15, -0.1) is 0 Å². The van der Waals surface area contributed by atoms with E-state index < -0.39 is 0 Å². The van der Waals surface area contributed by atoms with E-state index in [0.717, 1.165) is 28.2 Å². The monoisotopic (exact) mass is 463 g/mol. The summed E-state index contributed by atoms with van der Waals surface area (Å²) in [5.74, 6) is 0. The zero-order valence-corrected chi connectivity index (χ0v) is 21.8. The summed E-state index contributed by atoms with van der Waals surface area (Å²) in [6.45, 7) is 13.5. The number of hydrogen-bond acceptors (Lipinski definition) is 3. The summed E-state index contributed by atoms with van der Waals surface area (Å²) in [5.41, 5.74) is 21.5. The normalized spacial score (nSPS) is 11.9. The Morgan fingerprint density at radius 3 is 1.20 bits per heavy atom. The number of nitrogens with zero attached hydrogens (tertiary/aromatic N) is 1. The minimum Gasteiger partial charge on any atom is -0.397 e. The number of anilines is 5. The maximum Gasteiger partial charge on any atom is 0.0554 e. The SMILES string of the molecule is CC(C)(C)c1ccc(N(c2ccc(-c3ccc(N)c(N)c3)cc2)c2ccc(C(C)(C)C)cc2)cc1. The van der Waals surface area contributed by atoms with Crippen molar-refractivity contribution in [1.29, 1.82) is 0 Å². The van der Waals surface area contributed by atoms with Gasteiger partial charge in [0.15, 0.2) is 0 Å². The van der Waals surface area contributed by atoms with Gasteiger partial charge in [0.25, 0.3) is 0 Å². The topological polar surface area (TPSA) is 55.3 Å². The van der Waals surface area contributed by atoms with Gasteiger partial charge >= 0.3 is 0 Å². The average Bonchev–Trinajstić information content (AvgIpc) is 2.81. The molecule has 0 saturated heterocycles. The van der Waals surface area contributed by atoms with Crippen molar-refractivity contribution in [3.05, 3.63) is 102 Å². The second kappa shape index (κ2) is 9.14. The van der Waals surface area contributed by atoms with Crippen molar-refractivity contribution in [3.63, 3.8) is 0 Å². The van der Waals surface area contributed by atoms with Gasteiger partial charge in [0, 0.05) is 17.1 Å². The van der Waals surface area contributed by atoms with Crippen LogP contribution in [0.5, 0.6) is 0 Å². The summed E-state index contributed by atoms with van der Waals surface area (Å²) in [6, 6.07) is 32.2. The van der Waals surface area contributed by atoms with Crippen LogP contribution < -0.4 is 16.4 Å². The molecule has 0 aliphatic carbocycles. The molecule has 0 saturated carbocycles. The van der Waals surface area contributed by atoms with Crippen molar-refractivity contribution < 1.29 is 0 Å². The molecule has 0 heterocycles. The van der Waals surface area contributed by atoms with Gasteiger partial charge in [-0.3, -0.25) is 0 Å². The summed E-state index contributed by atoms with van der Waals surface area (Å²) in [5, 5.41) is 0. The molecule has 180 valence electrons. The van der Waals surface area contributed by atoms with E-state index in [2.05, 4.69) is 119 Å². The minimum atomic E-state index is 0.111. The Kier molecular flexibility index (Phi) is 6.38. The molecule has 3 heteroatoms. The molecule has 4 N–H and O–H groups in total. The standard InChI is InChI=1S/C32H37N3/c1-31(2,3)24-10-16-27(17-11-24)35(28-18-12-25(13-19-28)32(4,5)6)26-14-7-22(8-15-26)23-9-20-29(33)30(34)21-23/h7-21H,33-34H2,1-6H3. The molecule has 0 fully saturated rings. The van der Waals surface area contributed by atoms with E-state index in [-0.39, 0.29) is 10.8 Å². The van der Waals surface area contributed by atoms with E-state index in [1.54, 1.807) is 0 Å². The van der Waals surface area contributed by atoms with Crippen LogP contribution in [0.3, 0.4) is 0 Å². The molecule has 4 aromatic rings. The Hall–Kier alpha value is -3.72. The van der Waals surface area contributed by atoms with Crippen LogP contribution in [0.2, 0.25) is 0 Å². The second-order valence-electron chi connectivity index (χ2n) is 11.3. The molecule has 35 heavy (non-hydrogen) atoms. The van der Waals surface area contributed by atoms with Gasteiger partial charge in [-0.05, 0) is 81.6 Å². The number of benzene rings is 4. The smallest absolute Gasteiger partial charge is 0.0554 e. The summed E-state index contributed by atoms with van der Waals surface area (Å²) in [4.78, 5) is 2.31. The fourth-order valence-corrected chi connectivity index (χ4v) is 4.23. The van der Waals surface area contributed by atoms with E-state index >= 15 is 0 Å². The van der Waals surface area contributed by atoms with E-state index in [0.29, 0.717) is 11.4 Å². The molecule has 0 aromatic heterocycles. The summed E-state index contributed by atoms with van der Waals surface area (Å²) < 4.78 is 0. The molecule has 0 aliphatic heterocycles. The van der Waals surface area contributed by atoms with Crippen molar-refractivity contribution >= 4 is 28.4 Å². The maximum absolute atomic E-state index is 6.04. The van der Waals surface area contributed by atoms with Crippen LogP contribution in [0.25, 0.3) is 11.1 Å². The predicted molar refractivity (Wildman–Crippen MR) is 153 cm³/mol. The van der Waals surface area contributed by atoms with Crippen molar-refractivity contribution in [3.8, 4) is 11.1 Å². The predicted octanol–water partition coefficient (Wildman–Crippen LogP) is 8.58. The molecule has 0 unspecified atom stereocenters. The Morgan fingerprint density at radius 2 is 0.829 bits per heavy atom. The van der Waals surface area contributed by atoms with Gasteiger partial charge in [-0.1, -0.05) is 84.0 Å². The molecule has 0 amide bonds. The highest BCUT2D eigenvalue weighted by atomic mass is 15.1. The number of nitrogens with two attached hydrogens (primary N) is 2. The molecule has 0 aliphatic rings. The molecule has 4 rings (SSSR count). The van der Waals surface area contributed by atoms with Crippen LogP contribution in [0.15, 0.2) is 91.0 Å². The van der Waals surface area contributed by atoms with Crippen molar-refractivity contribution in [2.75, 3.05) is 16.4 Å². The first-order chi connectivity index (χ1) is 16.4. The average molecular weight is 464 g/mol. The Balaban J connectivity index is 1.76. The van der Waals surface area contributed by atoms with Crippen LogP contribution in [-0.4, -0.2) is 0 Å². The van der Waals surface area contributed by atoms with Crippen LogP contribution >= 0.6 is 0 Å². The first-order valence-electron chi connectivity index (χ1n) is 12.2. The lowest BCUT2D eigenvalue weighted by atomic mass is 9.86. The Morgan fingerprint density at radius 1 is 0.457 bits per heavy atom. The third-order valence-corrected chi connectivity index (χ3v) is 6.53. The van der Waals surface area contributed by atoms with Crippen molar-refractivity contribution in [2.24, 2.45) is 0 Å². The lowest BCUT2D eigenvalue weighted by molar-refractivity contribution is 0.590. The van der Waals surface area contributed by atoms with Crippen LogP contribution in [0.4, 0.5) is 28.4 Å². The van der Waals surface area contributed by atoms with Gasteiger partial charge in [0.1, 0.15) is 0 Å². The highest BCUT2D eigenvalue weighted by molar-refractivity contribution is 5.80. The molecule has 3 nitrogen and oxygen atoms in total. The Labute approximate surface area is 210 Å². The maximum atomic E-state index is 6.04. The van der Waals surface area contributed by atoms with Gasteiger partial charge in [-0.25, -0.2) is 0 Å². The highest BCUT2D eigenvalue weighted by Gasteiger charge is 2.18. The lowest BCUT2D eigenvalue weighted by Gasteiger charge is -2.28. The van der Waals surface area contributed by atoms with E-state index in [1.165, 1.54) is 11.1 Å². The minimum absolute atomic E-state index is 0.111. The van der Waals surface area contributed by atoms with Crippen LogP contribution in [0.1, 0.15) is 52.7 Å². The third-order valence-electron chi connectivity index (χ3n) is 6.53. The van der Waals surface area contributed by atoms with Gasteiger partial charge < -0.3 is 16.4 Å². The van der Waals surface area contributed by atoms with Gasteiger partial charge in [0.05, 0.1) is 11.4 Å². The van der Waals surface area contributed by atoms with Crippen LogP contribution in [0, 0.1) is 0 Å². The van der Waals surface area contributed by atoms with Crippen LogP contribution in [-0.2, 0) is 10.8 Å². The summed E-state index contributed by atoms with van der Waals surface area (Å²) >= 11 is 0. The third kappa shape index (κ3) is 5.35. The fraction of sp³-hybridized carbons (Fsp3) is 0.250. The number of nitrogen functional groups attached to an aromatic ring is 2. The molecule has 0 spiro atoms. The molecular weight excluding hydrogens is 426 g/mol. The zero-order chi connectivity index (χ0) is 25.4. The van der Waals surface area contributed by atoms with E-state index in [1.807, 2.05) is 18.2 Å². The van der Waals surface area contributed by atoms with E-state index in [4.69, 9.17) is 11.5 Å². The summed E-state index contributed by atoms with van der Waals surface area (Å²) in [6.07, 6.45) is 0. The number of hydrogen-bond donors (Lipinski definition) is 2.